The van der Waals surface area contributed by atoms with Gasteiger partial charge in [0, 0.05) is 55.5 Å². The van der Waals surface area contributed by atoms with Crippen molar-refractivity contribution in [3.63, 3.8) is 0 Å². The normalized spacial score (nSPS) is 38.8. The number of fused-ring (bicyclic) bond motifs is 7. The molecule has 0 bridgehead atoms. The molecule has 9 nitrogen and oxygen atoms in total. The smallest absolute Gasteiger partial charge is 0.309 e. The molecule has 5 aliphatic rings. The van der Waals surface area contributed by atoms with Gasteiger partial charge in [0.05, 0.1) is 23.6 Å². The number of hydrogen-bond donors (Lipinski definition) is 3. The molecule has 0 saturated heterocycles. The van der Waals surface area contributed by atoms with Gasteiger partial charge in [0.1, 0.15) is 11.9 Å². The maximum Gasteiger partial charge on any atom is 0.309 e. The molecule has 0 radical (unpaired) electrons. The molecule has 1 aromatic rings. The average molecular weight is 764 g/mol. The Morgan fingerprint density at radius 1 is 1.00 bits per heavy atom. The van der Waals surface area contributed by atoms with Crippen LogP contribution >= 0.6 is 0 Å². The van der Waals surface area contributed by atoms with E-state index >= 15 is 0 Å². The molecule has 0 spiro atoms. The van der Waals surface area contributed by atoms with Gasteiger partial charge in [0.2, 0.25) is 0 Å². The quantitative estimate of drug-likeness (QED) is 0.173. The Hall–Kier alpha value is -2.36. The van der Waals surface area contributed by atoms with Crippen LogP contribution in [0.1, 0.15) is 132 Å². The van der Waals surface area contributed by atoms with Gasteiger partial charge in [-0.05, 0) is 130 Å². The largest absolute Gasteiger partial charge is 0.481 e. The molecule has 3 unspecified atom stereocenters. The minimum atomic E-state index is -1.16. The molecular weight excluding hydrogens is 691 g/mol. The lowest BCUT2D eigenvalue weighted by Crippen LogP contribution is -2.67. The number of carboxylic acids is 1. The van der Waals surface area contributed by atoms with Crippen molar-refractivity contribution < 1.29 is 29.3 Å². The van der Waals surface area contributed by atoms with Gasteiger partial charge in [-0.2, -0.15) is 0 Å². The molecule has 308 valence electrons. The Morgan fingerprint density at radius 2 is 1.73 bits per heavy atom. The lowest BCUT2D eigenvalue weighted by molar-refractivity contribution is -0.257. The van der Waals surface area contributed by atoms with Gasteiger partial charge in [-0.25, -0.2) is 0 Å². The minimum absolute atomic E-state index is 0.0329. The number of aliphatic carboxylic acids is 1. The number of likely N-dealkylation sites (N-methyl/N-ethyl adjacent to an activating group) is 1. The Kier molecular flexibility index (Phi) is 11.6. The van der Waals surface area contributed by atoms with Gasteiger partial charge in [-0.15, -0.1) is 0 Å². The van der Waals surface area contributed by atoms with Crippen LogP contribution in [-0.4, -0.2) is 76.7 Å². The summed E-state index contributed by atoms with van der Waals surface area (Å²) in [6.07, 6.45) is 9.38. The summed E-state index contributed by atoms with van der Waals surface area (Å²) >= 11 is 0. The molecule has 6 rings (SSSR count). The van der Waals surface area contributed by atoms with E-state index in [1.54, 1.807) is 13.8 Å². The summed E-state index contributed by atoms with van der Waals surface area (Å²) in [7, 11) is 1.97. The van der Waals surface area contributed by atoms with Crippen LogP contribution in [0, 0.1) is 68.0 Å². The van der Waals surface area contributed by atoms with Crippen molar-refractivity contribution in [3.8, 4) is 0 Å². The SMILES string of the molecule is CNCCN(Cc1ccccn1)C[C@H](O)[C@@]12CC[C@]3(C)[C@H](CC[C@@H]4C5(C)CC[C@H](OC(=O)CC(C)(C)C(=O)O)C(C)(C)[C@@H]5CC[C@]43C)C1C(C(C)C)C(=O)C2. The monoisotopic (exact) mass is 764 g/mol. The first kappa shape index (κ1) is 42.3. The van der Waals surface area contributed by atoms with Crippen LogP contribution < -0.4 is 5.32 Å². The highest BCUT2D eigenvalue weighted by Gasteiger charge is 2.73. The van der Waals surface area contributed by atoms with E-state index in [2.05, 4.69) is 69.7 Å². The summed E-state index contributed by atoms with van der Waals surface area (Å²) in [6.45, 7) is 22.7. The highest BCUT2D eigenvalue weighted by molar-refractivity contribution is 5.85. The zero-order valence-electron chi connectivity index (χ0n) is 35.7. The number of carboxylic acid groups (broad SMARTS) is 1. The number of ether oxygens (including phenoxy) is 1. The number of pyridine rings is 1. The zero-order chi connectivity index (χ0) is 40.4. The van der Waals surface area contributed by atoms with Crippen molar-refractivity contribution >= 4 is 17.7 Å². The molecule has 0 amide bonds. The van der Waals surface area contributed by atoms with Crippen molar-refractivity contribution in [3.05, 3.63) is 30.1 Å². The fourth-order valence-corrected chi connectivity index (χ4v) is 14.3. The summed E-state index contributed by atoms with van der Waals surface area (Å²) in [5.41, 5.74) is -0.657. The number of nitrogens with one attached hydrogen (secondary N) is 1. The predicted octanol–water partition coefficient (Wildman–Crippen LogP) is 7.79. The number of rotatable bonds is 13. The molecule has 5 fully saturated rings. The lowest BCUT2D eigenvalue weighted by atomic mass is 9.32. The Labute approximate surface area is 331 Å². The van der Waals surface area contributed by atoms with Crippen LogP contribution in [0.3, 0.4) is 0 Å². The molecule has 1 heterocycles. The molecule has 1 aromatic heterocycles. The van der Waals surface area contributed by atoms with E-state index in [1.807, 2.05) is 25.4 Å². The van der Waals surface area contributed by atoms with E-state index < -0.39 is 28.9 Å². The van der Waals surface area contributed by atoms with Crippen molar-refractivity contribution in [2.45, 2.75) is 145 Å². The van der Waals surface area contributed by atoms with Crippen molar-refractivity contribution in [2.75, 3.05) is 26.7 Å². The number of carbonyl (C=O) groups excluding carboxylic acids is 2. The van der Waals surface area contributed by atoms with E-state index in [0.29, 0.717) is 43.0 Å². The first-order valence-corrected chi connectivity index (χ1v) is 21.6. The molecule has 3 N–H and O–H groups in total. The molecule has 5 saturated carbocycles. The topological polar surface area (TPSA) is 129 Å². The second kappa shape index (κ2) is 15.1. The van der Waals surface area contributed by atoms with Crippen LogP contribution in [0.5, 0.6) is 0 Å². The second-order valence-electron chi connectivity index (χ2n) is 21.2. The van der Waals surface area contributed by atoms with E-state index in [9.17, 15) is 24.6 Å². The number of aromatic nitrogens is 1. The molecule has 5 aliphatic carbocycles. The van der Waals surface area contributed by atoms with Gasteiger partial charge in [0.25, 0.3) is 0 Å². The number of aliphatic hydroxyl groups excluding tert-OH is 1. The predicted molar refractivity (Wildman–Crippen MR) is 215 cm³/mol. The van der Waals surface area contributed by atoms with Crippen molar-refractivity contribution in [1.82, 2.24) is 15.2 Å². The van der Waals surface area contributed by atoms with Gasteiger partial charge >= 0.3 is 11.9 Å². The van der Waals surface area contributed by atoms with Crippen molar-refractivity contribution in [2.24, 2.45) is 68.0 Å². The van der Waals surface area contributed by atoms with Gasteiger partial charge < -0.3 is 20.3 Å². The lowest BCUT2D eigenvalue weighted by Gasteiger charge is -2.73. The fourth-order valence-electron chi connectivity index (χ4n) is 14.3. The third-order valence-corrected chi connectivity index (χ3v) is 17.4. The number of hydrogen-bond acceptors (Lipinski definition) is 8. The van der Waals surface area contributed by atoms with Gasteiger partial charge in [-0.3, -0.25) is 24.3 Å². The van der Waals surface area contributed by atoms with Crippen LogP contribution in [0.4, 0.5) is 0 Å². The number of carbonyl (C=O) groups is 3. The molecule has 55 heavy (non-hydrogen) atoms. The molecule has 0 aromatic carbocycles. The number of esters is 1. The van der Waals surface area contributed by atoms with Gasteiger partial charge in [-0.1, -0.05) is 54.5 Å². The first-order valence-electron chi connectivity index (χ1n) is 21.6. The second-order valence-corrected chi connectivity index (χ2v) is 21.2. The van der Waals surface area contributed by atoms with E-state index in [1.165, 1.54) is 0 Å². The number of ketones is 1. The maximum absolute atomic E-state index is 14.3. The summed E-state index contributed by atoms with van der Waals surface area (Å²) < 4.78 is 6.19. The highest BCUT2D eigenvalue weighted by Crippen LogP contribution is 2.77. The van der Waals surface area contributed by atoms with Crippen LogP contribution in [-0.2, 0) is 25.7 Å². The third kappa shape index (κ3) is 7.02. The Balaban J connectivity index is 1.27. The number of aliphatic hydroxyl groups is 1. The fraction of sp³-hybridized carbons (Fsp3) is 0.826. The summed E-state index contributed by atoms with van der Waals surface area (Å²) in [5.74, 6) is 0.538. The highest BCUT2D eigenvalue weighted by atomic mass is 16.5. The number of nitrogens with zero attached hydrogens (tertiary/aromatic N) is 2. The number of Topliss-reactive ketones (excluding diaryl/α,β-unsaturated/α-hetero) is 1. The summed E-state index contributed by atoms with van der Waals surface area (Å²) in [4.78, 5) is 46.2. The van der Waals surface area contributed by atoms with Crippen LogP contribution in [0.2, 0.25) is 0 Å². The summed E-state index contributed by atoms with van der Waals surface area (Å²) in [5, 5.41) is 25.5. The van der Waals surface area contributed by atoms with Crippen LogP contribution in [0.15, 0.2) is 24.4 Å². The van der Waals surface area contributed by atoms with E-state index in [4.69, 9.17) is 4.74 Å². The van der Waals surface area contributed by atoms with Crippen LogP contribution in [0.25, 0.3) is 0 Å². The molecular formula is C46H73N3O6. The molecule has 11 atom stereocenters. The average Bonchev–Trinajstić information content (AvgIpc) is 3.42. The van der Waals surface area contributed by atoms with E-state index in [-0.39, 0.29) is 51.9 Å². The Bertz CT molecular complexity index is 1580. The first-order chi connectivity index (χ1) is 25.7. The van der Waals surface area contributed by atoms with Crippen molar-refractivity contribution in [1.29, 1.82) is 0 Å². The molecule has 9 heteroatoms. The molecule has 0 aliphatic heterocycles. The van der Waals surface area contributed by atoms with E-state index in [0.717, 1.165) is 70.2 Å². The maximum atomic E-state index is 14.3. The zero-order valence-corrected chi connectivity index (χ0v) is 35.7. The third-order valence-electron chi connectivity index (χ3n) is 17.4. The Morgan fingerprint density at radius 3 is 2.36 bits per heavy atom. The standard InChI is InChI=1S/C46H73N3O6/c1-29(2)38-32(50)25-46(35(51)28-49(24-23-47-10)27-30-13-11-12-22-48-30)21-20-44(8)31(39(38)46)14-15-34-43(7)18-17-36(55-37(52)26-41(3,4)40(53)54)42(5,6)33(43)16-19-45(34,44)9/h11-13,22,29,31,33-36,38-39,47,51H,14-21,23-28H2,1-10H3,(H,53,54)/t31-,33+,34-,35+,36+,38?,39?,43?,44-,45-,46+/m1/s1. The summed E-state index contributed by atoms with van der Waals surface area (Å²) in [6, 6.07) is 6.01. The van der Waals surface area contributed by atoms with Gasteiger partial charge in [0.15, 0.2) is 0 Å². The minimum Gasteiger partial charge on any atom is -0.481 e.